The van der Waals surface area contributed by atoms with E-state index in [1.54, 1.807) is 22.7 Å². The molecule has 1 N–H and O–H groups in total. The average Bonchev–Trinajstić information content (AvgIpc) is 3.05. The van der Waals surface area contributed by atoms with Crippen molar-refractivity contribution in [1.82, 2.24) is 4.98 Å². The van der Waals surface area contributed by atoms with Crippen molar-refractivity contribution in [1.29, 1.82) is 0 Å². The lowest BCUT2D eigenvalue weighted by Crippen LogP contribution is -2.11. The molecule has 0 aliphatic rings. The summed E-state index contributed by atoms with van der Waals surface area (Å²) in [6.45, 7) is 5.98. The summed E-state index contributed by atoms with van der Waals surface area (Å²) in [4.78, 5) is 19.0. The Bertz CT molecular complexity index is 816. The third-order valence-corrected chi connectivity index (χ3v) is 5.08. The van der Waals surface area contributed by atoms with Crippen LogP contribution in [0, 0.1) is 20.8 Å². The quantitative estimate of drug-likeness (QED) is 0.731. The molecule has 0 aliphatic heterocycles. The molecule has 3 nitrogen and oxygen atoms in total. The molecule has 22 heavy (non-hydrogen) atoms. The van der Waals surface area contributed by atoms with Crippen LogP contribution in [-0.2, 0) is 0 Å². The van der Waals surface area contributed by atoms with E-state index in [2.05, 4.69) is 10.3 Å². The molecule has 2 heterocycles. The summed E-state index contributed by atoms with van der Waals surface area (Å²) in [6.07, 6.45) is 0. The molecule has 1 amide bonds. The Hall–Kier alpha value is -1.98. The lowest BCUT2D eigenvalue weighted by atomic mass is 10.1. The predicted molar refractivity (Wildman–Crippen MR) is 94.0 cm³/mol. The van der Waals surface area contributed by atoms with Crippen LogP contribution in [0.4, 0.5) is 5.69 Å². The summed E-state index contributed by atoms with van der Waals surface area (Å²) < 4.78 is 0. The Morgan fingerprint density at radius 1 is 1.14 bits per heavy atom. The molecule has 2 aromatic heterocycles. The molecule has 1 aromatic carbocycles. The van der Waals surface area contributed by atoms with Crippen LogP contribution in [0.1, 0.15) is 25.1 Å². The van der Waals surface area contributed by atoms with Gasteiger partial charge in [-0.1, -0.05) is 12.1 Å². The standard InChI is InChI=1S/C17H16N2OS2/c1-10-8-15(11(2)22-10)17(20)19-14-6-4-13(5-7-14)16-9-21-12(3)18-16/h4-9H,1-3H3,(H,19,20). The summed E-state index contributed by atoms with van der Waals surface area (Å²) in [7, 11) is 0. The smallest absolute Gasteiger partial charge is 0.256 e. The van der Waals surface area contributed by atoms with E-state index in [9.17, 15) is 4.79 Å². The first kappa shape index (κ1) is 14.9. The topological polar surface area (TPSA) is 42.0 Å². The molecule has 112 valence electrons. The first-order chi connectivity index (χ1) is 10.5. The van der Waals surface area contributed by atoms with Gasteiger partial charge in [0.2, 0.25) is 0 Å². The molecular weight excluding hydrogens is 312 g/mol. The van der Waals surface area contributed by atoms with Crippen molar-refractivity contribution in [3.63, 3.8) is 0 Å². The number of rotatable bonds is 3. The van der Waals surface area contributed by atoms with Gasteiger partial charge in [0.05, 0.1) is 16.3 Å². The summed E-state index contributed by atoms with van der Waals surface area (Å²) in [6, 6.07) is 9.72. The van der Waals surface area contributed by atoms with E-state index in [-0.39, 0.29) is 5.91 Å². The van der Waals surface area contributed by atoms with Crippen LogP contribution < -0.4 is 5.32 Å². The molecule has 0 radical (unpaired) electrons. The molecular formula is C17H16N2OS2. The fourth-order valence-corrected chi connectivity index (χ4v) is 3.82. The number of nitrogens with one attached hydrogen (secondary N) is 1. The number of thiazole rings is 1. The van der Waals surface area contributed by atoms with Gasteiger partial charge < -0.3 is 5.32 Å². The van der Waals surface area contributed by atoms with Crippen molar-refractivity contribution in [3.8, 4) is 11.3 Å². The number of thiophene rings is 1. The van der Waals surface area contributed by atoms with Crippen LogP contribution in [0.3, 0.4) is 0 Å². The lowest BCUT2D eigenvalue weighted by molar-refractivity contribution is 0.102. The van der Waals surface area contributed by atoms with Crippen molar-refractivity contribution in [2.45, 2.75) is 20.8 Å². The molecule has 5 heteroatoms. The van der Waals surface area contributed by atoms with Crippen LogP contribution in [0.25, 0.3) is 11.3 Å². The van der Waals surface area contributed by atoms with Gasteiger partial charge in [-0.25, -0.2) is 4.98 Å². The van der Waals surface area contributed by atoms with Crippen molar-refractivity contribution < 1.29 is 4.79 Å². The van der Waals surface area contributed by atoms with Crippen LogP contribution in [0.2, 0.25) is 0 Å². The normalized spacial score (nSPS) is 10.7. The maximum absolute atomic E-state index is 12.3. The summed E-state index contributed by atoms with van der Waals surface area (Å²) >= 11 is 3.28. The zero-order valence-corrected chi connectivity index (χ0v) is 14.3. The third kappa shape index (κ3) is 3.10. The first-order valence-electron chi connectivity index (χ1n) is 6.94. The molecule has 0 unspecified atom stereocenters. The number of carbonyl (C=O) groups excluding carboxylic acids is 1. The first-order valence-corrected chi connectivity index (χ1v) is 8.63. The van der Waals surface area contributed by atoms with Gasteiger partial charge in [0.15, 0.2) is 0 Å². The fraction of sp³-hybridized carbons (Fsp3) is 0.176. The van der Waals surface area contributed by atoms with E-state index < -0.39 is 0 Å². The van der Waals surface area contributed by atoms with Crippen LogP contribution in [0.15, 0.2) is 35.7 Å². The van der Waals surface area contributed by atoms with Gasteiger partial charge in [-0.15, -0.1) is 22.7 Å². The average molecular weight is 328 g/mol. The summed E-state index contributed by atoms with van der Waals surface area (Å²) in [5.41, 5.74) is 3.58. The third-order valence-electron chi connectivity index (χ3n) is 3.34. The maximum atomic E-state index is 12.3. The molecule has 0 spiro atoms. The van der Waals surface area contributed by atoms with Crippen molar-refractivity contribution in [2.24, 2.45) is 0 Å². The van der Waals surface area contributed by atoms with E-state index in [0.29, 0.717) is 0 Å². The maximum Gasteiger partial charge on any atom is 0.256 e. The Morgan fingerprint density at radius 3 is 2.41 bits per heavy atom. The zero-order valence-electron chi connectivity index (χ0n) is 12.6. The molecule has 0 saturated carbocycles. The Balaban J connectivity index is 1.76. The van der Waals surface area contributed by atoms with E-state index in [4.69, 9.17) is 0 Å². The zero-order chi connectivity index (χ0) is 15.7. The predicted octanol–water partition coefficient (Wildman–Crippen LogP) is 5.05. The Labute approximate surface area is 137 Å². The van der Waals surface area contributed by atoms with E-state index in [1.165, 1.54) is 0 Å². The molecule has 0 fully saturated rings. The highest BCUT2D eigenvalue weighted by molar-refractivity contribution is 7.12. The monoisotopic (exact) mass is 328 g/mol. The van der Waals surface area contributed by atoms with Crippen molar-refractivity contribution >= 4 is 34.3 Å². The number of aromatic nitrogens is 1. The highest BCUT2D eigenvalue weighted by Gasteiger charge is 2.12. The second-order valence-electron chi connectivity index (χ2n) is 5.11. The minimum Gasteiger partial charge on any atom is -0.322 e. The number of anilines is 1. The van der Waals surface area contributed by atoms with E-state index in [1.807, 2.05) is 56.5 Å². The second-order valence-corrected chi connectivity index (χ2v) is 7.63. The SMILES string of the molecule is Cc1cc(C(=O)Nc2ccc(-c3csc(C)n3)cc2)c(C)s1. The molecule has 0 saturated heterocycles. The molecule has 3 aromatic rings. The van der Waals surface area contributed by atoms with E-state index in [0.717, 1.165) is 37.3 Å². The van der Waals surface area contributed by atoms with Crippen molar-refractivity contribution in [3.05, 3.63) is 56.0 Å². The van der Waals surface area contributed by atoms with Gasteiger partial charge in [-0.3, -0.25) is 4.79 Å². The molecule has 3 rings (SSSR count). The number of amides is 1. The number of benzene rings is 1. The number of hydrogen-bond acceptors (Lipinski definition) is 4. The number of aryl methyl sites for hydroxylation is 3. The second kappa shape index (κ2) is 6.02. The van der Waals surface area contributed by atoms with Crippen LogP contribution >= 0.6 is 22.7 Å². The Kier molecular flexibility index (Phi) is 4.09. The fourth-order valence-electron chi connectivity index (χ4n) is 2.28. The summed E-state index contributed by atoms with van der Waals surface area (Å²) in [5, 5.41) is 6.04. The number of hydrogen-bond donors (Lipinski definition) is 1. The largest absolute Gasteiger partial charge is 0.322 e. The van der Waals surface area contributed by atoms with Gasteiger partial charge in [0, 0.05) is 26.4 Å². The van der Waals surface area contributed by atoms with Gasteiger partial charge in [0.1, 0.15) is 0 Å². The molecule has 0 atom stereocenters. The van der Waals surface area contributed by atoms with Crippen LogP contribution in [0.5, 0.6) is 0 Å². The van der Waals surface area contributed by atoms with E-state index >= 15 is 0 Å². The lowest BCUT2D eigenvalue weighted by Gasteiger charge is -2.05. The minimum absolute atomic E-state index is 0.0564. The molecule has 0 bridgehead atoms. The minimum atomic E-state index is -0.0564. The van der Waals surface area contributed by atoms with Gasteiger partial charge in [0.25, 0.3) is 5.91 Å². The highest BCUT2D eigenvalue weighted by Crippen LogP contribution is 2.24. The number of nitrogens with zero attached hydrogens (tertiary/aromatic N) is 1. The molecule has 0 aliphatic carbocycles. The highest BCUT2D eigenvalue weighted by atomic mass is 32.1. The van der Waals surface area contributed by atoms with Crippen molar-refractivity contribution in [2.75, 3.05) is 5.32 Å². The summed E-state index contributed by atoms with van der Waals surface area (Å²) in [5.74, 6) is -0.0564. The van der Waals surface area contributed by atoms with Gasteiger partial charge in [-0.05, 0) is 39.0 Å². The Morgan fingerprint density at radius 2 is 1.86 bits per heavy atom. The van der Waals surface area contributed by atoms with Crippen LogP contribution in [-0.4, -0.2) is 10.9 Å². The van der Waals surface area contributed by atoms with Gasteiger partial charge in [-0.2, -0.15) is 0 Å². The number of carbonyl (C=O) groups is 1. The van der Waals surface area contributed by atoms with Gasteiger partial charge >= 0.3 is 0 Å².